The highest BCUT2D eigenvalue weighted by Gasteiger charge is 2.30. The summed E-state index contributed by atoms with van der Waals surface area (Å²) in [5, 5.41) is 9.93. The minimum Gasteiger partial charge on any atom is -0.490 e. The Labute approximate surface area is 195 Å². The van der Waals surface area contributed by atoms with E-state index in [-0.39, 0.29) is 18.1 Å². The summed E-state index contributed by atoms with van der Waals surface area (Å²) < 4.78 is 19.3. The van der Waals surface area contributed by atoms with Gasteiger partial charge in [-0.3, -0.25) is 9.36 Å². The number of Topliss-reactive ketones (excluding diaryl/α,β-unsaturated/α-hetero) is 1. The average Bonchev–Trinajstić information content (AvgIpc) is 3.60. The summed E-state index contributed by atoms with van der Waals surface area (Å²) in [6.45, 7) is 1.47. The molecule has 32 heavy (non-hydrogen) atoms. The number of rotatable bonds is 8. The van der Waals surface area contributed by atoms with Crippen molar-refractivity contribution in [1.82, 2.24) is 14.8 Å². The van der Waals surface area contributed by atoms with E-state index in [0.717, 1.165) is 30.2 Å². The summed E-state index contributed by atoms with van der Waals surface area (Å²) in [5.74, 6) is 2.92. The van der Waals surface area contributed by atoms with Crippen LogP contribution in [0.25, 0.3) is 0 Å². The van der Waals surface area contributed by atoms with Crippen LogP contribution in [-0.2, 0) is 6.61 Å². The predicted octanol–water partition coefficient (Wildman–Crippen LogP) is 4.98. The molecule has 5 rings (SSSR count). The molecule has 0 saturated heterocycles. The summed E-state index contributed by atoms with van der Waals surface area (Å²) in [5.41, 5.74) is 0.599. The fourth-order valence-electron chi connectivity index (χ4n) is 3.46. The van der Waals surface area contributed by atoms with Crippen molar-refractivity contribution in [2.75, 3.05) is 19.0 Å². The molecule has 7 nitrogen and oxygen atoms in total. The van der Waals surface area contributed by atoms with Crippen LogP contribution in [0.1, 0.15) is 41.5 Å². The minimum atomic E-state index is 0.00450. The number of hydrogen-bond donors (Lipinski definition) is 0. The average molecular weight is 472 g/mol. The Morgan fingerprint density at radius 2 is 1.94 bits per heavy atom. The molecule has 0 amide bonds. The molecule has 9 heteroatoms. The summed E-state index contributed by atoms with van der Waals surface area (Å²) in [6, 6.07) is 13.0. The molecule has 2 aliphatic rings. The molecule has 0 N–H and O–H groups in total. The molecule has 0 spiro atoms. The Morgan fingerprint density at radius 3 is 2.75 bits per heavy atom. The van der Waals surface area contributed by atoms with Crippen molar-refractivity contribution in [1.29, 1.82) is 0 Å². The first-order valence-electron chi connectivity index (χ1n) is 10.6. The topological polar surface area (TPSA) is 75.5 Å². The minimum absolute atomic E-state index is 0.00450. The number of halogens is 1. The highest BCUT2D eigenvalue weighted by atomic mass is 35.5. The number of benzene rings is 2. The SMILES string of the molecule is O=C(CSc1nnc(COc2ccccc2Cl)n1C1CC1)c1ccc2c(c1)OCCCO2. The zero-order chi connectivity index (χ0) is 21.9. The second-order valence-electron chi connectivity index (χ2n) is 7.64. The zero-order valence-corrected chi connectivity index (χ0v) is 18.9. The predicted molar refractivity (Wildman–Crippen MR) is 121 cm³/mol. The van der Waals surface area contributed by atoms with E-state index in [1.807, 2.05) is 18.2 Å². The summed E-state index contributed by atoms with van der Waals surface area (Å²) in [6.07, 6.45) is 2.97. The van der Waals surface area contributed by atoms with E-state index in [9.17, 15) is 4.79 Å². The van der Waals surface area contributed by atoms with Crippen molar-refractivity contribution in [2.24, 2.45) is 0 Å². The van der Waals surface area contributed by atoms with Crippen LogP contribution in [0.5, 0.6) is 17.2 Å². The molecule has 0 radical (unpaired) electrons. The fraction of sp³-hybridized carbons (Fsp3) is 0.348. The molecule has 0 unspecified atom stereocenters. The van der Waals surface area contributed by atoms with E-state index in [2.05, 4.69) is 14.8 Å². The molecular formula is C23H22ClN3O4S. The van der Waals surface area contributed by atoms with E-state index < -0.39 is 0 Å². The molecular weight excluding hydrogens is 450 g/mol. The van der Waals surface area contributed by atoms with Crippen molar-refractivity contribution in [3.05, 3.63) is 58.9 Å². The van der Waals surface area contributed by atoms with E-state index in [1.165, 1.54) is 11.8 Å². The molecule has 0 atom stereocenters. The lowest BCUT2D eigenvalue weighted by atomic mass is 10.1. The maximum absolute atomic E-state index is 12.8. The Bertz CT molecular complexity index is 1130. The molecule has 166 valence electrons. The molecule has 1 aromatic heterocycles. The number of ketones is 1. The first kappa shape index (κ1) is 21.2. The quantitative estimate of drug-likeness (QED) is 0.338. The number of ether oxygens (including phenoxy) is 3. The first-order chi connectivity index (χ1) is 15.7. The van der Waals surface area contributed by atoms with Gasteiger partial charge in [-0.05, 0) is 43.2 Å². The second kappa shape index (κ2) is 9.42. The van der Waals surface area contributed by atoms with Gasteiger partial charge in [-0.2, -0.15) is 0 Å². The third-order valence-electron chi connectivity index (χ3n) is 5.24. The standard InChI is InChI=1S/C23H22ClN3O4S/c24-17-4-1-2-5-19(17)31-13-22-25-26-23(27(22)16-7-8-16)32-14-18(28)15-6-9-20-21(12-15)30-11-3-10-29-20/h1-2,4-6,9,12,16H,3,7-8,10-11,13-14H2. The van der Waals surface area contributed by atoms with Crippen LogP contribution in [-0.4, -0.2) is 39.5 Å². The van der Waals surface area contributed by atoms with Crippen LogP contribution in [0, 0.1) is 0 Å². The van der Waals surface area contributed by atoms with Crippen LogP contribution >= 0.6 is 23.4 Å². The number of para-hydroxylation sites is 1. The molecule has 1 fully saturated rings. The van der Waals surface area contributed by atoms with Gasteiger partial charge in [-0.15, -0.1) is 10.2 Å². The van der Waals surface area contributed by atoms with Crippen molar-refractivity contribution in [2.45, 2.75) is 37.1 Å². The highest BCUT2D eigenvalue weighted by Crippen LogP contribution is 2.39. The van der Waals surface area contributed by atoms with Gasteiger partial charge in [0.05, 0.1) is 24.0 Å². The van der Waals surface area contributed by atoms with Crippen molar-refractivity contribution in [3.8, 4) is 17.2 Å². The van der Waals surface area contributed by atoms with E-state index in [4.69, 9.17) is 25.8 Å². The van der Waals surface area contributed by atoms with Gasteiger partial charge in [0.2, 0.25) is 0 Å². The largest absolute Gasteiger partial charge is 0.490 e. The number of hydrogen-bond acceptors (Lipinski definition) is 7. The molecule has 1 aliphatic carbocycles. The normalized spacial score (nSPS) is 15.3. The van der Waals surface area contributed by atoms with Crippen molar-refractivity contribution in [3.63, 3.8) is 0 Å². The Morgan fingerprint density at radius 1 is 1.12 bits per heavy atom. The fourth-order valence-corrected chi connectivity index (χ4v) is 4.57. The van der Waals surface area contributed by atoms with Gasteiger partial charge in [0.25, 0.3) is 0 Å². The van der Waals surface area contributed by atoms with E-state index >= 15 is 0 Å². The highest BCUT2D eigenvalue weighted by molar-refractivity contribution is 7.99. The van der Waals surface area contributed by atoms with Crippen LogP contribution in [0.2, 0.25) is 5.02 Å². The monoisotopic (exact) mass is 471 g/mol. The number of fused-ring (bicyclic) bond motifs is 1. The van der Waals surface area contributed by atoms with Gasteiger partial charge in [0, 0.05) is 18.0 Å². The Balaban J connectivity index is 1.26. The van der Waals surface area contributed by atoms with Crippen LogP contribution in [0.15, 0.2) is 47.6 Å². The number of aromatic nitrogens is 3. The Hall–Kier alpha value is -2.71. The van der Waals surface area contributed by atoms with Crippen LogP contribution < -0.4 is 14.2 Å². The van der Waals surface area contributed by atoms with Gasteiger partial charge >= 0.3 is 0 Å². The lowest BCUT2D eigenvalue weighted by Gasteiger charge is -2.11. The third kappa shape index (κ3) is 4.71. The smallest absolute Gasteiger partial charge is 0.192 e. The molecule has 0 bridgehead atoms. The first-order valence-corrected chi connectivity index (χ1v) is 11.9. The van der Waals surface area contributed by atoms with Crippen LogP contribution in [0.4, 0.5) is 0 Å². The molecule has 3 aromatic rings. The van der Waals surface area contributed by atoms with Crippen LogP contribution in [0.3, 0.4) is 0 Å². The van der Waals surface area contributed by atoms with Gasteiger partial charge in [-0.25, -0.2) is 0 Å². The maximum Gasteiger partial charge on any atom is 0.192 e. The lowest BCUT2D eigenvalue weighted by molar-refractivity contribution is 0.102. The summed E-state index contributed by atoms with van der Waals surface area (Å²) in [4.78, 5) is 12.8. The molecule has 2 aromatic carbocycles. The molecule has 2 heterocycles. The number of carbonyl (C=O) groups is 1. The van der Waals surface area contributed by atoms with Gasteiger partial charge in [0.1, 0.15) is 12.4 Å². The van der Waals surface area contributed by atoms with Gasteiger partial charge in [0.15, 0.2) is 28.3 Å². The second-order valence-corrected chi connectivity index (χ2v) is 8.99. The Kier molecular flexibility index (Phi) is 6.23. The molecule has 1 aliphatic heterocycles. The number of carbonyl (C=O) groups excluding carboxylic acids is 1. The zero-order valence-electron chi connectivity index (χ0n) is 17.3. The van der Waals surface area contributed by atoms with Crippen molar-refractivity contribution >= 4 is 29.1 Å². The lowest BCUT2D eigenvalue weighted by Crippen LogP contribution is -2.08. The maximum atomic E-state index is 12.8. The third-order valence-corrected chi connectivity index (χ3v) is 6.50. The summed E-state index contributed by atoms with van der Waals surface area (Å²) in [7, 11) is 0. The van der Waals surface area contributed by atoms with Gasteiger partial charge in [-0.1, -0.05) is 35.5 Å². The molecule has 1 saturated carbocycles. The number of thioether (sulfide) groups is 1. The van der Waals surface area contributed by atoms with E-state index in [0.29, 0.717) is 47.1 Å². The summed E-state index contributed by atoms with van der Waals surface area (Å²) >= 11 is 7.57. The number of nitrogens with zero attached hydrogens (tertiary/aromatic N) is 3. The van der Waals surface area contributed by atoms with Crippen molar-refractivity contribution < 1.29 is 19.0 Å². The van der Waals surface area contributed by atoms with E-state index in [1.54, 1.807) is 24.3 Å². The van der Waals surface area contributed by atoms with Gasteiger partial charge < -0.3 is 14.2 Å².